The minimum absolute atomic E-state index is 0. The fourth-order valence-electron chi connectivity index (χ4n) is 3.28. The molecule has 0 saturated carbocycles. The molecule has 0 N–H and O–H groups in total. The van der Waals surface area contributed by atoms with Crippen LogP contribution in [0.25, 0.3) is 11.4 Å². The molecule has 7 heteroatoms. The topological polar surface area (TPSA) is 8.81 Å². The van der Waals surface area contributed by atoms with Crippen LogP contribution < -0.4 is 28.5 Å². The number of halogens is 1. The minimum atomic E-state index is 0. The van der Waals surface area contributed by atoms with Gasteiger partial charge in [0.1, 0.15) is 0 Å². The Morgan fingerprint density at radius 2 is 1.68 bits per heavy atom. The molecule has 0 amide bonds. The van der Waals surface area contributed by atoms with Crippen LogP contribution in [0, 0.1) is 38.6 Å². The standard InChI is InChI=1S/C21H27N2S4.HI/c1-11(2)17-9-18(22-13(4)15(6)26-20(22)24)12(3)19(10-17)23-14(5)16(7)27-21(23)25-8;/h9-11H,1-8H3;1H/q+1;/p-1. The van der Waals surface area contributed by atoms with Crippen LogP contribution in [0.5, 0.6) is 0 Å². The Hall–Kier alpha value is -0.220. The van der Waals surface area contributed by atoms with Gasteiger partial charge in [-0.25, -0.2) is 0 Å². The lowest BCUT2D eigenvalue weighted by Gasteiger charge is -2.16. The maximum absolute atomic E-state index is 5.72. The van der Waals surface area contributed by atoms with Gasteiger partial charge in [-0.3, -0.25) is 4.57 Å². The monoisotopic (exact) mass is 562 g/mol. The maximum Gasteiger partial charge on any atom is 0.303 e. The summed E-state index contributed by atoms with van der Waals surface area (Å²) in [6, 6.07) is 4.69. The number of aromatic nitrogens is 2. The van der Waals surface area contributed by atoms with E-state index in [4.69, 9.17) is 12.2 Å². The van der Waals surface area contributed by atoms with Crippen molar-refractivity contribution in [1.82, 2.24) is 4.57 Å². The molecule has 0 atom stereocenters. The fraction of sp³-hybridized carbons (Fsp3) is 0.429. The summed E-state index contributed by atoms with van der Waals surface area (Å²) in [7, 11) is 0. The number of hydrogen-bond acceptors (Lipinski definition) is 4. The number of benzene rings is 1. The molecule has 0 spiro atoms. The van der Waals surface area contributed by atoms with Gasteiger partial charge in [0.15, 0.2) is 9.65 Å². The van der Waals surface area contributed by atoms with Gasteiger partial charge in [0.05, 0.1) is 10.6 Å². The van der Waals surface area contributed by atoms with E-state index in [2.05, 4.69) is 76.0 Å². The van der Waals surface area contributed by atoms with Crippen molar-refractivity contribution in [1.29, 1.82) is 0 Å². The van der Waals surface area contributed by atoms with Gasteiger partial charge < -0.3 is 24.0 Å². The zero-order valence-electron chi connectivity index (χ0n) is 17.6. The molecule has 0 aliphatic heterocycles. The van der Waals surface area contributed by atoms with Crippen LogP contribution in [-0.4, -0.2) is 10.8 Å². The molecule has 152 valence electrons. The highest BCUT2D eigenvalue weighted by molar-refractivity contribution is 8.00. The largest absolute Gasteiger partial charge is 1.00 e. The lowest BCUT2D eigenvalue weighted by molar-refractivity contribution is -0.635. The van der Waals surface area contributed by atoms with Gasteiger partial charge in [0.2, 0.25) is 5.69 Å². The van der Waals surface area contributed by atoms with Gasteiger partial charge in [-0.15, -0.1) is 15.9 Å². The molecule has 28 heavy (non-hydrogen) atoms. The first-order valence-corrected chi connectivity index (χ1v) is 12.3. The quantitative estimate of drug-likeness (QED) is 0.206. The zero-order valence-corrected chi connectivity index (χ0v) is 23.1. The van der Waals surface area contributed by atoms with Crippen LogP contribution in [0.1, 0.15) is 52.0 Å². The molecule has 0 radical (unpaired) electrons. The third kappa shape index (κ3) is 4.15. The van der Waals surface area contributed by atoms with Crippen LogP contribution in [0.4, 0.5) is 0 Å². The number of hydrogen-bond donors (Lipinski definition) is 0. The normalized spacial score (nSPS) is 11.2. The average molecular weight is 563 g/mol. The van der Waals surface area contributed by atoms with Crippen LogP contribution in [0.3, 0.4) is 0 Å². The van der Waals surface area contributed by atoms with Crippen molar-refractivity contribution in [2.75, 3.05) is 6.26 Å². The molecule has 2 heterocycles. The summed E-state index contributed by atoms with van der Waals surface area (Å²) < 4.78 is 6.93. The molecule has 1 aromatic carbocycles. The van der Waals surface area contributed by atoms with Crippen molar-refractivity contribution in [2.45, 2.75) is 58.7 Å². The molecule has 2 nitrogen and oxygen atoms in total. The number of thiazole rings is 2. The third-order valence-electron chi connectivity index (χ3n) is 5.23. The number of aryl methyl sites for hydroxylation is 2. The van der Waals surface area contributed by atoms with E-state index in [0.717, 1.165) is 3.95 Å². The predicted molar refractivity (Wildman–Crippen MR) is 123 cm³/mol. The van der Waals surface area contributed by atoms with E-state index >= 15 is 0 Å². The third-order valence-corrected chi connectivity index (χ3v) is 8.87. The summed E-state index contributed by atoms with van der Waals surface area (Å²) in [5, 5.41) is 0. The second kappa shape index (κ2) is 9.29. The Balaban J connectivity index is 0.00000280. The molecule has 0 unspecified atom stereocenters. The molecule has 0 aliphatic carbocycles. The Labute approximate surface area is 203 Å². The number of nitrogens with zero attached hydrogens (tertiary/aromatic N) is 2. The smallest absolute Gasteiger partial charge is 0.303 e. The van der Waals surface area contributed by atoms with Gasteiger partial charge in [0, 0.05) is 29.1 Å². The molecule has 2 aromatic heterocycles. The first kappa shape index (κ1) is 24.1. The Kier molecular flexibility index (Phi) is 7.98. The van der Waals surface area contributed by atoms with Gasteiger partial charge in [-0.1, -0.05) is 25.2 Å². The summed E-state index contributed by atoms with van der Waals surface area (Å²) >= 11 is 11.1. The molecule has 0 bridgehead atoms. The van der Waals surface area contributed by atoms with Crippen LogP contribution >= 0.6 is 46.7 Å². The first-order valence-electron chi connectivity index (χ1n) is 9.07. The lowest BCUT2D eigenvalue weighted by atomic mass is 9.98. The number of rotatable bonds is 4. The van der Waals surface area contributed by atoms with Crippen molar-refractivity contribution in [3.63, 3.8) is 0 Å². The van der Waals surface area contributed by atoms with Crippen molar-refractivity contribution >= 4 is 46.7 Å². The summed E-state index contributed by atoms with van der Waals surface area (Å²) in [5.74, 6) is 0.454. The van der Waals surface area contributed by atoms with Crippen molar-refractivity contribution in [3.8, 4) is 11.4 Å². The van der Waals surface area contributed by atoms with E-state index < -0.39 is 0 Å². The summed E-state index contributed by atoms with van der Waals surface area (Å²) in [6.45, 7) is 15.5. The Morgan fingerprint density at radius 1 is 1.04 bits per heavy atom. The van der Waals surface area contributed by atoms with E-state index in [1.165, 1.54) is 48.0 Å². The molecular weight excluding hydrogens is 535 g/mol. The highest BCUT2D eigenvalue weighted by Crippen LogP contribution is 2.32. The van der Waals surface area contributed by atoms with Gasteiger partial charge in [0.25, 0.3) is 0 Å². The summed E-state index contributed by atoms with van der Waals surface area (Å²) in [6.07, 6.45) is 2.16. The van der Waals surface area contributed by atoms with E-state index in [-0.39, 0.29) is 24.0 Å². The van der Waals surface area contributed by atoms with Crippen molar-refractivity contribution < 1.29 is 28.5 Å². The second-order valence-electron chi connectivity index (χ2n) is 7.23. The molecule has 0 aliphatic rings. The van der Waals surface area contributed by atoms with Gasteiger partial charge in [-0.05, 0) is 75.5 Å². The summed E-state index contributed by atoms with van der Waals surface area (Å²) in [5.41, 5.74) is 7.67. The van der Waals surface area contributed by atoms with E-state index in [0.29, 0.717) is 5.92 Å². The first-order chi connectivity index (χ1) is 12.7. The Morgan fingerprint density at radius 3 is 2.18 bits per heavy atom. The van der Waals surface area contributed by atoms with Crippen LogP contribution in [0.2, 0.25) is 0 Å². The van der Waals surface area contributed by atoms with Gasteiger partial charge >= 0.3 is 4.34 Å². The predicted octanol–water partition coefficient (Wildman–Crippen LogP) is 4.00. The molecule has 0 fully saturated rings. The second-order valence-corrected chi connectivity index (χ2v) is 11.3. The van der Waals surface area contributed by atoms with Crippen molar-refractivity contribution in [3.05, 3.63) is 48.4 Å². The average Bonchev–Trinajstić information content (AvgIpc) is 3.03. The molecular formula is C21H27IN2S4. The van der Waals surface area contributed by atoms with E-state index in [9.17, 15) is 0 Å². The lowest BCUT2D eigenvalue weighted by Crippen LogP contribution is -3.00. The highest BCUT2D eigenvalue weighted by Gasteiger charge is 2.27. The highest BCUT2D eigenvalue weighted by atomic mass is 127. The minimum Gasteiger partial charge on any atom is -1.00 e. The molecule has 3 aromatic rings. The van der Waals surface area contributed by atoms with Crippen LogP contribution in [-0.2, 0) is 0 Å². The van der Waals surface area contributed by atoms with E-state index in [1.54, 1.807) is 11.3 Å². The van der Waals surface area contributed by atoms with Crippen LogP contribution in [0.15, 0.2) is 16.5 Å². The SMILES string of the molecule is CSc1sc(C)c(C)[n+]1-c1cc(C(C)C)cc(-n2c(C)c(C)sc2=S)c1C.[I-]. The fourth-order valence-corrected chi connectivity index (χ4v) is 6.68. The number of thioether (sulfide) groups is 1. The zero-order chi connectivity index (χ0) is 20.0. The van der Waals surface area contributed by atoms with Gasteiger partial charge in [-0.2, -0.15) is 0 Å². The molecule has 3 rings (SSSR count). The van der Waals surface area contributed by atoms with Crippen molar-refractivity contribution in [2.24, 2.45) is 0 Å². The van der Waals surface area contributed by atoms with E-state index in [1.807, 2.05) is 23.1 Å². The molecule has 0 saturated heterocycles. The summed E-state index contributed by atoms with van der Waals surface area (Å²) in [4.78, 5) is 2.66. The maximum atomic E-state index is 5.72. The Bertz CT molecular complexity index is 1070.